The second-order valence-electron chi connectivity index (χ2n) is 5.15. The molecule has 0 bridgehead atoms. The molecule has 2 amide bonds. The summed E-state index contributed by atoms with van der Waals surface area (Å²) in [6.45, 7) is 0. The van der Waals surface area contributed by atoms with Crippen LogP contribution in [-0.4, -0.2) is 23.0 Å². The van der Waals surface area contributed by atoms with E-state index in [4.69, 9.17) is 0 Å². The summed E-state index contributed by atoms with van der Waals surface area (Å²) in [7, 11) is 0. The fraction of sp³-hybridized carbons (Fsp3) is 0.0625. The third kappa shape index (κ3) is 4.73. The van der Waals surface area contributed by atoms with Gasteiger partial charge in [-0.05, 0) is 12.1 Å². The smallest absolute Gasteiger partial charge is 0.317 e. The van der Waals surface area contributed by atoms with Crippen molar-refractivity contribution < 1.29 is 22.8 Å². The number of aromatic nitrogens is 1. The van der Waals surface area contributed by atoms with Crippen LogP contribution in [0.15, 0.2) is 44.9 Å². The molecule has 3 rings (SSSR count). The molecule has 0 fully saturated rings. The van der Waals surface area contributed by atoms with Crippen molar-refractivity contribution in [3.05, 3.63) is 50.4 Å². The largest absolute Gasteiger partial charge is 0.471 e. The van der Waals surface area contributed by atoms with Crippen molar-refractivity contribution in [2.24, 2.45) is 0 Å². The third-order valence-electron chi connectivity index (χ3n) is 3.28. The van der Waals surface area contributed by atoms with Gasteiger partial charge >= 0.3 is 12.1 Å². The Bertz CT molecular complexity index is 983. The summed E-state index contributed by atoms with van der Waals surface area (Å²) < 4.78 is 38.1. The van der Waals surface area contributed by atoms with E-state index in [2.05, 4.69) is 26.2 Å². The van der Waals surface area contributed by atoms with Crippen LogP contribution in [0.3, 0.4) is 0 Å². The Balaban J connectivity index is 1.73. The predicted octanol–water partition coefficient (Wildman–Crippen LogP) is 5.39. The zero-order chi connectivity index (χ0) is 19.6. The molecule has 0 saturated carbocycles. The number of benzene rings is 1. The lowest BCUT2D eigenvalue weighted by molar-refractivity contribution is -0.167. The second-order valence-corrected chi connectivity index (χ2v) is 7.67. The predicted molar refractivity (Wildman–Crippen MR) is 102 cm³/mol. The minimum atomic E-state index is -5.04. The van der Waals surface area contributed by atoms with Crippen LogP contribution >= 0.6 is 38.6 Å². The Morgan fingerprint density at radius 2 is 1.74 bits per heavy atom. The quantitative estimate of drug-likeness (QED) is 0.531. The average molecular weight is 476 g/mol. The van der Waals surface area contributed by atoms with Crippen molar-refractivity contribution in [1.82, 2.24) is 4.98 Å². The van der Waals surface area contributed by atoms with E-state index in [9.17, 15) is 22.8 Å². The van der Waals surface area contributed by atoms with E-state index >= 15 is 0 Å². The Labute approximate surface area is 167 Å². The van der Waals surface area contributed by atoms with Gasteiger partial charge in [0, 0.05) is 26.2 Å². The number of nitrogens with zero attached hydrogens (tertiary/aromatic N) is 1. The molecule has 0 radical (unpaired) electrons. The zero-order valence-electron chi connectivity index (χ0n) is 13.1. The lowest BCUT2D eigenvalue weighted by atomic mass is 10.2. The van der Waals surface area contributed by atoms with Gasteiger partial charge in [-0.15, -0.1) is 22.7 Å². The van der Waals surface area contributed by atoms with Gasteiger partial charge in [-0.2, -0.15) is 13.2 Å². The standard InChI is InChI=1S/C16H9BrF3N3O2S2/c17-9-3-1-8(2-4-9)11-7-27-15(22-11)23-13(24)10-5-26-6-12(10)21-14(25)16(18,19)20/h1-7H,(H,21,25)(H,22,23,24). The van der Waals surface area contributed by atoms with Crippen molar-refractivity contribution in [3.63, 3.8) is 0 Å². The number of carbonyl (C=O) groups is 2. The monoisotopic (exact) mass is 475 g/mol. The molecular formula is C16H9BrF3N3O2S2. The first-order chi connectivity index (χ1) is 12.7. The highest BCUT2D eigenvalue weighted by Gasteiger charge is 2.39. The van der Waals surface area contributed by atoms with Gasteiger partial charge in [-0.25, -0.2) is 4.98 Å². The molecule has 2 aromatic heterocycles. The number of thiophene rings is 1. The van der Waals surface area contributed by atoms with Gasteiger partial charge in [0.2, 0.25) is 0 Å². The fourth-order valence-electron chi connectivity index (χ4n) is 2.01. The Kier molecular flexibility index (Phi) is 5.63. The number of rotatable bonds is 4. The zero-order valence-corrected chi connectivity index (χ0v) is 16.4. The maximum Gasteiger partial charge on any atom is 0.471 e. The van der Waals surface area contributed by atoms with Crippen LogP contribution in [0.2, 0.25) is 0 Å². The van der Waals surface area contributed by atoms with Gasteiger partial charge in [-0.3, -0.25) is 14.9 Å². The highest BCUT2D eigenvalue weighted by atomic mass is 79.9. The van der Waals surface area contributed by atoms with E-state index in [1.165, 1.54) is 22.1 Å². The number of alkyl halides is 3. The normalized spacial score (nSPS) is 11.3. The molecule has 140 valence electrons. The molecule has 0 atom stereocenters. The Morgan fingerprint density at radius 1 is 1.04 bits per heavy atom. The van der Waals surface area contributed by atoms with Gasteiger partial charge in [0.25, 0.3) is 5.91 Å². The molecule has 0 saturated heterocycles. The second kappa shape index (κ2) is 7.79. The fourth-order valence-corrected chi connectivity index (χ4v) is 3.75. The summed E-state index contributed by atoms with van der Waals surface area (Å²) in [4.78, 5) is 27.7. The van der Waals surface area contributed by atoms with E-state index in [1.54, 1.807) is 10.7 Å². The topological polar surface area (TPSA) is 71.1 Å². The van der Waals surface area contributed by atoms with Crippen LogP contribution < -0.4 is 10.6 Å². The molecule has 2 heterocycles. The van der Waals surface area contributed by atoms with Gasteiger partial charge in [0.15, 0.2) is 5.13 Å². The number of amides is 2. The Hall–Kier alpha value is -2.24. The van der Waals surface area contributed by atoms with Gasteiger partial charge in [-0.1, -0.05) is 28.1 Å². The van der Waals surface area contributed by atoms with Crippen LogP contribution in [0.25, 0.3) is 11.3 Å². The lowest BCUT2D eigenvalue weighted by Crippen LogP contribution is -2.30. The minimum absolute atomic E-state index is 0.0713. The van der Waals surface area contributed by atoms with Gasteiger partial charge in [0.1, 0.15) is 0 Å². The molecule has 0 spiro atoms. The van der Waals surface area contributed by atoms with Crippen molar-refractivity contribution in [1.29, 1.82) is 0 Å². The van der Waals surface area contributed by atoms with Crippen molar-refractivity contribution >= 4 is 61.2 Å². The molecule has 3 aromatic rings. The number of hydrogen-bond acceptors (Lipinski definition) is 5. The van der Waals surface area contributed by atoms with E-state index in [-0.39, 0.29) is 16.4 Å². The number of carbonyl (C=O) groups excluding carboxylic acids is 2. The van der Waals surface area contributed by atoms with Crippen molar-refractivity contribution in [3.8, 4) is 11.3 Å². The number of halogens is 4. The summed E-state index contributed by atoms with van der Waals surface area (Å²) in [6, 6.07) is 7.42. The van der Waals surface area contributed by atoms with Crippen molar-refractivity contribution in [2.45, 2.75) is 6.18 Å². The van der Waals surface area contributed by atoms with Crippen LogP contribution in [-0.2, 0) is 4.79 Å². The first-order valence-corrected chi connectivity index (χ1v) is 9.83. The Morgan fingerprint density at radius 3 is 2.41 bits per heavy atom. The first kappa shape index (κ1) is 19.5. The molecule has 5 nitrogen and oxygen atoms in total. The molecule has 0 unspecified atom stereocenters. The molecule has 0 aliphatic heterocycles. The summed E-state index contributed by atoms with van der Waals surface area (Å²) in [5, 5.41) is 8.88. The molecule has 27 heavy (non-hydrogen) atoms. The molecule has 1 aromatic carbocycles. The number of thiazole rings is 1. The maximum absolute atomic E-state index is 12.4. The summed E-state index contributed by atoms with van der Waals surface area (Å²) in [5.41, 5.74) is 1.23. The molecule has 0 aliphatic rings. The van der Waals surface area contributed by atoms with E-state index < -0.39 is 18.0 Å². The molecule has 11 heteroatoms. The number of hydrogen-bond donors (Lipinski definition) is 2. The first-order valence-electron chi connectivity index (χ1n) is 7.21. The van der Waals surface area contributed by atoms with Crippen molar-refractivity contribution in [2.75, 3.05) is 10.6 Å². The number of anilines is 2. The molecule has 2 N–H and O–H groups in total. The number of nitrogens with one attached hydrogen (secondary N) is 2. The highest BCUT2D eigenvalue weighted by Crippen LogP contribution is 2.28. The van der Waals surface area contributed by atoms with Gasteiger partial charge < -0.3 is 5.32 Å². The highest BCUT2D eigenvalue weighted by molar-refractivity contribution is 9.10. The lowest BCUT2D eigenvalue weighted by Gasteiger charge is -2.08. The SMILES string of the molecule is O=C(Nc1nc(-c2ccc(Br)cc2)cs1)c1cscc1NC(=O)C(F)(F)F. The van der Waals surface area contributed by atoms with E-state index in [0.717, 1.165) is 21.4 Å². The maximum atomic E-state index is 12.4. The average Bonchev–Trinajstić information content (AvgIpc) is 3.24. The van der Waals surface area contributed by atoms with Crippen LogP contribution in [0.1, 0.15) is 10.4 Å². The minimum Gasteiger partial charge on any atom is -0.317 e. The van der Waals surface area contributed by atoms with E-state index in [1.807, 2.05) is 24.3 Å². The van der Waals surface area contributed by atoms with Crippen LogP contribution in [0, 0.1) is 0 Å². The third-order valence-corrected chi connectivity index (χ3v) is 5.31. The summed E-state index contributed by atoms with van der Waals surface area (Å²) in [6.07, 6.45) is -5.04. The molecular weight excluding hydrogens is 467 g/mol. The van der Waals surface area contributed by atoms with Gasteiger partial charge in [0.05, 0.1) is 16.9 Å². The van der Waals surface area contributed by atoms with Crippen LogP contribution in [0.4, 0.5) is 24.0 Å². The summed E-state index contributed by atoms with van der Waals surface area (Å²) >= 11 is 5.52. The molecule has 0 aliphatic carbocycles. The van der Waals surface area contributed by atoms with E-state index in [0.29, 0.717) is 5.69 Å². The summed E-state index contributed by atoms with van der Waals surface area (Å²) in [5.74, 6) is -2.80. The van der Waals surface area contributed by atoms with Crippen LogP contribution in [0.5, 0.6) is 0 Å².